The van der Waals surface area contributed by atoms with Gasteiger partial charge >= 0.3 is 0 Å². The van der Waals surface area contributed by atoms with Crippen molar-refractivity contribution in [1.29, 1.82) is 0 Å². The highest BCUT2D eigenvalue weighted by atomic mass is 32.2. The zero-order valence-corrected chi connectivity index (χ0v) is 17.8. The third-order valence-electron chi connectivity index (χ3n) is 5.42. The second-order valence-electron chi connectivity index (χ2n) is 7.91. The number of amides is 1. The number of alkyl halides is 1. The predicted molar refractivity (Wildman–Crippen MR) is 112 cm³/mol. The van der Waals surface area contributed by atoms with Gasteiger partial charge in [0.05, 0.1) is 4.90 Å². The molecule has 0 radical (unpaired) electrons. The number of aryl methyl sites for hydroxylation is 1. The first-order chi connectivity index (χ1) is 13.6. The number of carbonyl (C=O) groups excluding carboxylic acids is 1. The Kier molecular flexibility index (Phi) is 6.10. The molecular formula is C22H27FN2O3S. The van der Waals surface area contributed by atoms with E-state index in [2.05, 4.69) is 19.2 Å². The Hall–Kier alpha value is -2.25. The summed E-state index contributed by atoms with van der Waals surface area (Å²) >= 11 is 0. The third-order valence-corrected chi connectivity index (χ3v) is 7.33. The fourth-order valence-corrected chi connectivity index (χ4v) is 4.80. The molecule has 0 unspecified atom stereocenters. The van der Waals surface area contributed by atoms with Gasteiger partial charge in [-0.05, 0) is 42.7 Å². The molecule has 1 N–H and O–H groups in total. The molecule has 156 valence electrons. The number of hydrogen-bond donors (Lipinski definition) is 1. The Morgan fingerprint density at radius 2 is 1.59 bits per heavy atom. The molecule has 0 spiro atoms. The van der Waals surface area contributed by atoms with Crippen LogP contribution in [0.25, 0.3) is 0 Å². The van der Waals surface area contributed by atoms with Crippen LogP contribution in [0.2, 0.25) is 0 Å². The smallest absolute Gasteiger partial charge is 0.262 e. The molecule has 1 saturated heterocycles. The number of nitrogens with one attached hydrogen (secondary N) is 1. The standard InChI is InChI=1S/C22H27FN2O3S/c1-16(2)18-6-8-19(9-7-18)24-21(26)22(23)12-14-25(15-13-22)29(27,28)20-10-4-17(3)5-11-20/h4-11,16H,12-15H2,1-3H3,(H,24,26). The number of carbonyl (C=O) groups is 1. The summed E-state index contributed by atoms with van der Waals surface area (Å²) in [5.74, 6) is -0.353. The Morgan fingerprint density at radius 3 is 2.10 bits per heavy atom. The van der Waals surface area contributed by atoms with E-state index in [0.717, 1.165) is 11.1 Å². The van der Waals surface area contributed by atoms with Crippen LogP contribution in [0.5, 0.6) is 0 Å². The van der Waals surface area contributed by atoms with Gasteiger partial charge in [-0.15, -0.1) is 0 Å². The van der Waals surface area contributed by atoms with Gasteiger partial charge in [-0.2, -0.15) is 4.31 Å². The Labute approximate surface area is 172 Å². The number of rotatable bonds is 5. The summed E-state index contributed by atoms with van der Waals surface area (Å²) in [4.78, 5) is 12.7. The largest absolute Gasteiger partial charge is 0.323 e. The summed E-state index contributed by atoms with van der Waals surface area (Å²) in [6.45, 7) is 5.95. The fourth-order valence-electron chi connectivity index (χ4n) is 3.36. The van der Waals surface area contributed by atoms with Gasteiger partial charge in [-0.3, -0.25) is 4.79 Å². The first-order valence-electron chi connectivity index (χ1n) is 9.79. The lowest BCUT2D eigenvalue weighted by atomic mass is 9.93. The van der Waals surface area contributed by atoms with Crippen LogP contribution in [0.15, 0.2) is 53.4 Å². The molecule has 0 atom stereocenters. The Bertz CT molecular complexity index is 962. The van der Waals surface area contributed by atoms with Crippen molar-refractivity contribution in [2.75, 3.05) is 18.4 Å². The normalized spacial score (nSPS) is 17.3. The van der Waals surface area contributed by atoms with Gasteiger partial charge in [0.25, 0.3) is 5.91 Å². The molecule has 0 aliphatic carbocycles. The van der Waals surface area contributed by atoms with E-state index < -0.39 is 21.6 Å². The molecule has 0 bridgehead atoms. The lowest BCUT2D eigenvalue weighted by Crippen LogP contribution is -2.50. The highest BCUT2D eigenvalue weighted by Crippen LogP contribution is 2.31. The van der Waals surface area contributed by atoms with Crippen LogP contribution in [0.4, 0.5) is 10.1 Å². The number of anilines is 1. The van der Waals surface area contributed by atoms with Crippen molar-refractivity contribution in [3.05, 3.63) is 59.7 Å². The van der Waals surface area contributed by atoms with Crippen molar-refractivity contribution in [3.63, 3.8) is 0 Å². The van der Waals surface area contributed by atoms with Crippen molar-refractivity contribution in [3.8, 4) is 0 Å². The van der Waals surface area contributed by atoms with E-state index in [1.54, 1.807) is 36.4 Å². The molecule has 2 aromatic rings. The van der Waals surface area contributed by atoms with Crippen molar-refractivity contribution >= 4 is 21.6 Å². The minimum absolute atomic E-state index is 0.0353. The SMILES string of the molecule is Cc1ccc(S(=O)(=O)N2CCC(F)(C(=O)Nc3ccc(C(C)C)cc3)CC2)cc1. The number of piperidine rings is 1. The maximum absolute atomic E-state index is 15.2. The van der Waals surface area contributed by atoms with E-state index in [1.165, 1.54) is 4.31 Å². The van der Waals surface area contributed by atoms with Gasteiger partial charge in [0.2, 0.25) is 10.0 Å². The second kappa shape index (κ2) is 8.24. The minimum atomic E-state index is -3.69. The highest BCUT2D eigenvalue weighted by molar-refractivity contribution is 7.89. The number of sulfonamides is 1. The third kappa shape index (κ3) is 4.67. The first kappa shape index (κ1) is 21.5. The molecule has 1 fully saturated rings. The van der Waals surface area contributed by atoms with Gasteiger partial charge in [-0.25, -0.2) is 12.8 Å². The molecule has 29 heavy (non-hydrogen) atoms. The molecule has 0 saturated carbocycles. The Morgan fingerprint density at radius 1 is 1.03 bits per heavy atom. The van der Waals surface area contributed by atoms with Crippen LogP contribution in [0.3, 0.4) is 0 Å². The van der Waals surface area contributed by atoms with Crippen LogP contribution in [0, 0.1) is 6.92 Å². The molecule has 1 aliphatic heterocycles. The van der Waals surface area contributed by atoms with Crippen molar-refractivity contribution in [1.82, 2.24) is 4.31 Å². The number of hydrogen-bond acceptors (Lipinski definition) is 3. The number of halogens is 1. The zero-order chi connectivity index (χ0) is 21.2. The van der Waals surface area contributed by atoms with E-state index in [4.69, 9.17) is 0 Å². The van der Waals surface area contributed by atoms with Crippen molar-refractivity contribution in [2.24, 2.45) is 0 Å². The Balaban J connectivity index is 1.65. The molecule has 1 aliphatic rings. The number of nitrogens with zero attached hydrogens (tertiary/aromatic N) is 1. The van der Waals surface area contributed by atoms with Gasteiger partial charge in [0.15, 0.2) is 5.67 Å². The van der Waals surface area contributed by atoms with Gasteiger partial charge < -0.3 is 5.32 Å². The summed E-state index contributed by atoms with van der Waals surface area (Å²) in [7, 11) is -3.69. The summed E-state index contributed by atoms with van der Waals surface area (Å²) < 4.78 is 42.0. The zero-order valence-electron chi connectivity index (χ0n) is 17.0. The summed E-state index contributed by atoms with van der Waals surface area (Å²) in [6, 6.07) is 13.9. The second-order valence-corrected chi connectivity index (χ2v) is 9.85. The topological polar surface area (TPSA) is 66.5 Å². The quantitative estimate of drug-likeness (QED) is 0.789. The molecule has 3 rings (SSSR count). The molecule has 1 amide bonds. The number of benzene rings is 2. The van der Waals surface area contributed by atoms with Crippen LogP contribution < -0.4 is 5.32 Å². The minimum Gasteiger partial charge on any atom is -0.323 e. The van der Waals surface area contributed by atoms with E-state index in [9.17, 15) is 13.2 Å². The van der Waals surface area contributed by atoms with Crippen LogP contribution in [-0.4, -0.2) is 37.4 Å². The summed E-state index contributed by atoms with van der Waals surface area (Å²) in [5, 5.41) is 2.63. The van der Waals surface area contributed by atoms with Crippen LogP contribution >= 0.6 is 0 Å². The van der Waals surface area contributed by atoms with Gasteiger partial charge in [0.1, 0.15) is 0 Å². The maximum atomic E-state index is 15.2. The molecular weight excluding hydrogens is 391 g/mol. The van der Waals surface area contributed by atoms with E-state index in [0.29, 0.717) is 11.6 Å². The highest BCUT2D eigenvalue weighted by Gasteiger charge is 2.44. The maximum Gasteiger partial charge on any atom is 0.262 e. The monoisotopic (exact) mass is 418 g/mol. The molecule has 0 aromatic heterocycles. The molecule has 5 nitrogen and oxygen atoms in total. The van der Waals surface area contributed by atoms with E-state index in [-0.39, 0.29) is 30.8 Å². The van der Waals surface area contributed by atoms with Crippen molar-refractivity contribution in [2.45, 2.75) is 50.1 Å². The summed E-state index contributed by atoms with van der Waals surface area (Å²) in [5.41, 5.74) is 0.540. The first-order valence-corrected chi connectivity index (χ1v) is 11.2. The molecule has 7 heteroatoms. The molecule has 2 aromatic carbocycles. The predicted octanol–water partition coefficient (Wildman–Crippen LogP) is 4.25. The van der Waals surface area contributed by atoms with Gasteiger partial charge in [-0.1, -0.05) is 43.7 Å². The lowest BCUT2D eigenvalue weighted by Gasteiger charge is -2.34. The van der Waals surface area contributed by atoms with Gasteiger partial charge in [0, 0.05) is 31.6 Å². The van der Waals surface area contributed by atoms with Crippen LogP contribution in [0.1, 0.15) is 43.7 Å². The van der Waals surface area contributed by atoms with Crippen molar-refractivity contribution < 1.29 is 17.6 Å². The average molecular weight is 419 g/mol. The average Bonchev–Trinajstić information content (AvgIpc) is 2.69. The van der Waals surface area contributed by atoms with E-state index >= 15 is 4.39 Å². The summed E-state index contributed by atoms with van der Waals surface area (Å²) in [6.07, 6.45) is -0.345. The molecule has 1 heterocycles. The lowest BCUT2D eigenvalue weighted by molar-refractivity contribution is -0.129. The van der Waals surface area contributed by atoms with Crippen LogP contribution in [-0.2, 0) is 14.8 Å². The fraction of sp³-hybridized carbons (Fsp3) is 0.409. The van der Waals surface area contributed by atoms with E-state index in [1.807, 2.05) is 19.1 Å².